The third-order valence-electron chi connectivity index (χ3n) is 3.50. The van der Waals surface area contributed by atoms with Crippen LogP contribution in [0.3, 0.4) is 0 Å². The zero-order valence-corrected chi connectivity index (χ0v) is 9.32. The molecule has 1 saturated heterocycles. The Morgan fingerprint density at radius 2 is 2.00 bits per heavy atom. The number of hydrogen-bond donors (Lipinski definition) is 1. The molecule has 0 spiro atoms. The van der Waals surface area contributed by atoms with E-state index < -0.39 is 0 Å². The van der Waals surface area contributed by atoms with Crippen molar-refractivity contribution in [2.24, 2.45) is 11.8 Å². The zero-order chi connectivity index (χ0) is 9.26. The van der Waals surface area contributed by atoms with Gasteiger partial charge in [-0.1, -0.05) is 12.8 Å². The van der Waals surface area contributed by atoms with Crippen LogP contribution in [0.5, 0.6) is 0 Å². The second-order valence-electron chi connectivity index (χ2n) is 4.37. The minimum atomic E-state index is 0.108. The molecule has 1 saturated carbocycles. The van der Waals surface area contributed by atoms with Crippen LogP contribution >= 0.6 is 23.2 Å². The molecule has 1 aliphatic carbocycles. The molecular formula is C10H17Cl2N. The van der Waals surface area contributed by atoms with Gasteiger partial charge >= 0.3 is 0 Å². The molecule has 0 bridgehead atoms. The molecule has 1 nitrogen and oxygen atoms in total. The summed E-state index contributed by atoms with van der Waals surface area (Å²) in [5.41, 5.74) is 0.108. The quantitative estimate of drug-likeness (QED) is 0.531. The summed E-state index contributed by atoms with van der Waals surface area (Å²) in [6, 6.07) is 0.677. The first-order chi connectivity index (χ1) is 6.31. The number of fused-ring (bicyclic) bond motifs is 1. The van der Waals surface area contributed by atoms with Gasteiger partial charge < -0.3 is 0 Å². The van der Waals surface area contributed by atoms with Gasteiger partial charge in [0.2, 0.25) is 0 Å². The monoisotopic (exact) mass is 221 g/mol. The van der Waals surface area contributed by atoms with Gasteiger partial charge in [-0.2, -0.15) is 0 Å². The summed E-state index contributed by atoms with van der Waals surface area (Å²) >= 11 is 12.1. The zero-order valence-electron chi connectivity index (χ0n) is 7.81. The molecule has 2 rings (SSSR count). The van der Waals surface area contributed by atoms with Crippen molar-refractivity contribution in [3.05, 3.63) is 0 Å². The van der Waals surface area contributed by atoms with Crippen LogP contribution in [0, 0.1) is 11.8 Å². The first kappa shape index (κ1) is 10.1. The van der Waals surface area contributed by atoms with E-state index in [2.05, 4.69) is 5.32 Å². The van der Waals surface area contributed by atoms with Crippen LogP contribution in [0.25, 0.3) is 0 Å². The summed E-state index contributed by atoms with van der Waals surface area (Å²) in [6.45, 7) is 0. The topological polar surface area (TPSA) is 12.0 Å². The van der Waals surface area contributed by atoms with Crippen molar-refractivity contribution in [3.8, 4) is 0 Å². The smallest absolute Gasteiger partial charge is 0.0867 e. The summed E-state index contributed by atoms with van der Waals surface area (Å²) in [5, 5.41) is 3.50. The lowest BCUT2D eigenvalue weighted by Gasteiger charge is -2.42. The van der Waals surface area contributed by atoms with Crippen molar-refractivity contribution in [3.63, 3.8) is 0 Å². The van der Waals surface area contributed by atoms with Gasteiger partial charge in [-0.25, -0.2) is 0 Å². The first-order valence-corrected chi connectivity index (χ1v) is 6.24. The van der Waals surface area contributed by atoms with Crippen molar-refractivity contribution >= 4 is 23.2 Å². The lowest BCUT2D eigenvalue weighted by atomic mass is 9.76. The summed E-state index contributed by atoms with van der Waals surface area (Å²) in [6.07, 6.45) is 6.67. The minimum Gasteiger partial charge on any atom is -0.298 e. The second kappa shape index (κ2) is 4.37. The predicted octanol–water partition coefficient (Wildman–Crippen LogP) is 2.96. The normalized spacial score (nSPS) is 45.7. The number of hydrogen-bond acceptors (Lipinski definition) is 1. The molecule has 0 aromatic rings. The lowest BCUT2D eigenvalue weighted by molar-refractivity contribution is 0.162. The summed E-state index contributed by atoms with van der Waals surface area (Å²) in [5.74, 6) is 2.01. The number of rotatable bonds is 1. The highest BCUT2D eigenvalue weighted by atomic mass is 35.5. The second-order valence-corrected chi connectivity index (χ2v) is 5.15. The Kier molecular flexibility index (Phi) is 3.39. The van der Waals surface area contributed by atoms with E-state index in [0.29, 0.717) is 17.8 Å². The summed E-state index contributed by atoms with van der Waals surface area (Å²) in [7, 11) is 0. The molecule has 2 fully saturated rings. The van der Waals surface area contributed by atoms with Crippen molar-refractivity contribution < 1.29 is 0 Å². The average molecular weight is 222 g/mol. The van der Waals surface area contributed by atoms with E-state index >= 15 is 0 Å². The lowest BCUT2D eigenvalue weighted by Crippen LogP contribution is -2.51. The first-order valence-electron chi connectivity index (χ1n) is 5.27. The molecule has 1 heterocycles. The average Bonchev–Trinajstić information content (AvgIpc) is 2.17. The molecular weight excluding hydrogens is 205 g/mol. The number of alkyl halides is 2. The third-order valence-corrected chi connectivity index (χ3v) is 4.38. The van der Waals surface area contributed by atoms with Crippen LogP contribution in [-0.4, -0.2) is 17.4 Å². The Balaban J connectivity index is 1.97. The van der Waals surface area contributed by atoms with Crippen LogP contribution in [0.1, 0.15) is 32.1 Å². The van der Waals surface area contributed by atoms with Crippen LogP contribution < -0.4 is 5.32 Å². The minimum absolute atomic E-state index is 0.108. The molecule has 4 unspecified atom stereocenters. The van der Waals surface area contributed by atoms with Gasteiger partial charge in [-0.15, -0.1) is 23.2 Å². The maximum atomic E-state index is 6.21. The Morgan fingerprint density at radius 3 is 2.77 bits per heavy atom. The highest BCUT2D eigenvalue weighted by Gasteiger charge is 2.36. The molecule has 0 aromatic carbocycles. The Hall–Kier alpha value is 0.540. The van der Waals surface area contributed by atoms with Crippen LogP contribution in [0.2, 0.25) is 0 Å². The van der Waals surface area contributed by atoms with Gasteiger partial charge in [-0.3, -0.25) is 5.32 Å². The van der Waals surface area contributed by atoms with E-state index in [1.54, 1.807) is 0 Å². The van der Waals surface area contributed by atoms with Gasteiger partial charge in [0.15, 0.2) is 0 Å². The molecule has 3 heteroatoms. The Bertz CT molecular complexity index is 174. The fourth-order valence-electron chi connectivity index (χ4n) is 2.70. The van der Waals surface area contributed by atoms with Crippen molar-refractivity contribution in [1.82, 2.24) is 5.32 Å². The van der Waals surface area contributed by atoms with Gasteiger partial charge in [-0.05, 0) is 25.2 Å². The van der Waals surface area contributed by atoms with E-state index in [1.165, 1.54) is 32.1 Å². The largest absolute Gasteiger partial charge is 0.298 e. The Morgan fingerprint density at radius 1 is 1.23 bits per heavy atom. The van der Waals surface area contributed by atoms with Gasteiger partial charge in [0.1, 0.15) is 0 Å². The van der Waals surface area contributed by atoms with Crippen LogP contribution in [-0.2, 0) is 0 Å². The van der Waals surface area contributed by atoms with Crippen molar-refractivity contribution in [1.29, 1.82) is 0 Å². The molecule has 0 radical (unpaired) electrons. The van der Waals surface area contributed by atoms with E-state index in [1.807, 2.05) is 0 Å². The highest BCUT2D eigenvalue weighted by molar-refractivity contribution is 6.22. The van der Waals surface area contributed by atoms with Gasteiger partial charge in [0.25, 0.3) is 0 Å². The standard InChI is InChI=1S/C10H17Cl2N/c11-6-8-5-7-3-1-2-4-9(7)13-10(8)12/h7-10,13H,1-6H2. The van der Waals surface area contributed by atoms with Gasteiger partial charge in [0, 0.05) is 17.8 Å². The number of nitrogens with one attached hydrogen (secondary N) is 1. The summed E-state index contributed by atoms with van der Waals surface area (Å²) < 4.78 is 0. The van der Waals surface area contributed by atoms with E-state index in [0.717, 1.165) is 5.92 Å². The van der Waals surface area contributed by atoms with E-state index in [-0.39, 0.29) is 5.50 Å². The molecule has 0 aromatic heterocycles. The van der Waals surface area contributed by atoms with Crippen molar-refractivity contribution in [2.75, 3.05) is 5.88 Å². The maximum absolute atomic E-state index is 6.21. The van der Waals surface area contributed by atoms with Crippen LogP contribution in [0.4, 0.5) is 0 Å². The molecule has 4 atom stereocenters. The number of halogens is 2. The fraction of sp³-hybridized carbons (Fsp3) is 1.00. The fourth-order valence-corrected chi connectivity index (χ4v) is 3.45. The van der Waals surface area contributed by atoms with Crippen LogP contribution in [0.15, 0.2) is 0 Å². The van der Waals surface area contributed by atoms with E-state index in [4.69, 9.17) is 23.2 Å². The highest BCUT2D eigenvalue weighted by Crippen LogP contribution is 2.36. The Labute approximate surface area is 90.2 Å². The molecule has 76 valence electrons. The molecule has 1 aliphatic heterocycles. The van der Waals surface area contributed by atoms with Crippen molar-refractivity contribution in [2.45, 2.75) is 43.6 Å². The molecule has 0 amide bonds. The molecule has 13 heavy (non-hydrogen) atoms. The van der Waals surface area contributed by atoms with Gasteiger partial charge in [0.05, 0.1) is 5.50 Å². The maximum Gasteiger partial charge on any atom is 0.0867 e. The van der Waals surface area contributed by atoms with E-state index in [9.17, 15) is 0 Å². The molecule has 1 N–H and O–H groups in total. The summed E-state index contributed by atoms with van der Waals surface area (Å²) in [4.78, 5) is 0. The number of piperidine rings is 1. The SMILES string of the molecule is ClCC1CC2CCCCC2NC1Cl. The predicted molar refractivity (Wildman–Crippen MR) is 57.3 cm³/mol. The molecule has 2 aliphatic rings. The third kappa shape index (κ3) is 2.14.